The van der Waals surface area contributed by atoms with Crippen LogP contribution in [0, 0.1) is 13.8 Å². The number of aryl methyl sites for hydroxylation is 2. The summed E-state index contributed by atoms with van der Waals surface area (Å²) in [4.78, 5) is 52.1. The number of piperidine rings is 1. The van der Waals surface area contributed by atoms with E-state index in [0.717, 1.165) is 12.0 Å². The van der Waals surface area contributed by atoms with Crippen molar-refractivity contribution in [2.75, 3.05) is 19.6 Å². The maximum absolute atomic E-state index is 13.5. The van der Waals surface area contributed by atoms with E-state index in [-0.39, 0.29) is 30.4 Å². The van der Waals surface area contributed by atoms with E-state index in [2.05, 4.69) is 5.32 Å². The van der Waals surface area contributed by atoms with Crippen LogP contribution in [0.3, 0.4) is 0 Å². The van der Waals surface area contributed by atoms with Gasteiger partial charge in [0.05, 0.1) is 17.4 Å². The van der Waals surface area contributed by atoms with Crippen molar-refractivity contribution in [2.24, 2.45) is 0 Å². The normalized spacial score (nSPS) is 14.7. The molecular formula is C31H36N2O7. The quantitative estimate of drug-likeness (QED) is 0.257. The summed E-state index contributed by atoms with van der Waals surface area (Å²) in [5, 5.41) is 22.5. The van der Waals surface area contributed by atoms with Gasteiger partial charge in [0.1, 0.15) is 11.3 Å². The SMILES string of the molecule is Cc1c(CC(=O)N2CCC(C(=O)NCCCCCC(=O)O)(c3ccccc3)CC2)c(=O)oc2c(C)c(O)ccc12. The molecule has 1 aliphatic heterocycles. The summed E-state index contributed by atoms with van der Waals surface area (Å²) in [5.41, 5.74) is 1.26. The van der Waals surface area contributed by atoms with Gasteiger partial charge in [-0.1, -0.05) is 36.8 Å². The third kappa shape index (κ3) is 6.03. The van der Waals surface area contributed by atoms with Gasteiger partial charge in [0.2, 0.25) is 11.8 Å². The van der Waals surface area contributed by atoms with E-state index in [1.54, 1.807) is 30.9 Å². The number of carbonyl (C=O) groups is 3. The summed E-state index contributed by atoms with van der Waals surface area (Å²) in [6.45, 7) is 4.65. The van der Waals surface area contributed by atoms with Crippen molar-refractivity contribution in [1.82, 2.24) is 10.2 Å². The van der Waals surface area contributed by atoms with Crippen LogP contribution in [0.25, 0.3) is 11.0 Å². The molecule has 1 fully saturated rings. The topological polar surface area (TPSA) is 137 Å². The molecule has 9 nitrogen and oxygen atoms in total. The number of aromatic hydroxyl groups is 1. The number of carboxylic acid groups (broad SMARTS) is 1. The fourth-order valence-electron chi connectivity index (χ4n) is 5.54. The Kier molecular flexibility index (Phi) is 8.92. The number of phenolic OH excluding ortho intramolecular Hbond substituents is 1. The van der Waals surface area contributed by atoms with Gasteiger partial charge in [-0.25, -0.2) is 4.79 Å². The third-order valence-corrected chi connectivity index (χ3v) is 8.09. The van der Waals surface area contributed by atoms with Gasteiger partial charge in [-0.2, -0.15) is 0 Å². The lowest BCUT2D eigenvalue weighted by Crippen LogP contribution is -2.53. The van der Waals surface area contributed by atoms with E-state index in [0.29, 0.717) is 73.0 Å². The summed E-state index contributed by atoms with van der Waals surface area (Å²) in [6, 6.07) is 12.8. The Hall–Kier alpha value is -4.14. The number of carbonyl (C=O) groups excluding carboxylic acids is 2. The third-order valence-electron chi connectivity index (χ3n) is 8.09. The highest BCUT2D eigenvalue weighted by atomic mass is 16.4. The lowest BCUT2D eigenvalue weighted by atomic mass is 9.72. The number of amides is 2. The van der Waals surface area contributed by atoms with E-state index in [1.807, 2.05) is 30.3 Å². The highest BCUT2D eigenvalue weighted by molar-refractivity contribution is 5.90. The molecule has 0 spiro atoms. The molecule has 1 saturated heterocycles. The maximum Gasteiger partial charge on any atom is 0.340 e. The van der Waals surface area contributed by atoms with Crippen molar-refractivity contribution < 1.29 is 29.0 Å². The Morgan fingerprint density at radius 2 is 1.68 bits per heavy atom. The van der Waals surface area contributed by atoms with E-state index in [4.69, 9.17) is 9.52 Å². The molecule has 40 heavy (non-hydrogen) atoms. The van der Waals surface area contributed by atoms with Gasteiger partial charge in [0.25, 0.3) is 0 Å². The number of aliphatic carboxylic acids is 1. The largest absolute Gasteiger partial charge is 0.508 e. The number of nitrogens with one attached hydrogen (secondary N) is 1. The van der Waals surface area contributed by atoms with E-state index in [9.17, 15) is 24.3 Å². The summed E-state index contributed by atoms with van der Waals surface area (Å²) in [7, 11) is 0. The fraction of sp³-hybridized carbons (Fsp3) is 0.419. The minimum absolute atomic E-state index is 0.0383. The van der Waals surface area contributed by atoms with E-state index < -0.39 is 17.0 Å². The molecule has 0 unspecified atom stereocenters. The molecule has 1 aliphatic rings. The summed E-state index contributed by atoms with van der Waals surface area (Å²) in [6.07, 6.45) is 2.88. The van der Waals surface area contributed by atoms with Crippen LogP contribution in [0.2, 0.25) is 0 Å². The molecule has 1 aromatic heterocycles. The monoisotopic (exact) mass is 548 g/mol. The van der Waals surface area contributed by atoms with Gasteiger partial charge in [-0.05, 0) is 62.8 Å². The first-order chi connectivity index (χ1) is 19.1. The molecular weight excluding hydrogens is 512 g/mol. The second kappa shape index (κ2) is 12.4. The van der Waals surface area contributed by atoms with Crippen LogP contribution in [0.1, 0.15) is 60.8 Å². The first-order valence-corrected chi connectivity index (χ1v) is 13.7. The summed E-state index contributed by atoms with van der Waals surface area (Å²) < 4.78 is 5.50. The Bertz CT molecular complexity index is 1450. The Morgan fingerprint density at radius 1 is 0.975 bits per heavy atom. The molecule has 0 saturated carbocycles. The second-order valence-corrected chi connectivity index (χ2v) is 10.5. The molecule has 2 aromatic carbocycles. The molecule has 0 radical (unpaired) electrons. The van der Waals surface area contributed by atoms with Crippen molar-refractivity contribution >= 4 is 28.8 Å². The first kappa shape index (κ1) is 28.9. The molecule has 4 rings (SSSR count). The fourth-order valence-corrected chi connectivity index (χ4v) is 5.54. The Morgan fingerprint density at radius 3 is 2.35 bits per heavy atom. The number of nitrogens with zero attached hydrogens (tertiary/aromatic N) is 1. The lowest BCUT2D eigenvalue weighted by Gasteiger charge is -2.41. The number of hydrogen-bond acceptors (Lipinski definition) is 6. The zero-order chi connectivity index (χ0) is 28.9. The smallest absolute Gasteiger partial charge is 0.340 e. The molecule has 3 N–H and O–H groups in total. The van der Waals surface area contributed by atoms with Gasteiger partial charge in [-0.3, -0.25) is 14.4 Å². The summed E-state index contributed by atoms with van der Waals surface area (Å²) in [5.74, 6) is -1.07. The predicted molar refractivity (Wildman–Crippen MR) is 150 cm³/mol. The van der Waals surface area contributed by atoms with Gasteiger partial charge < -0.3 is 24.8 Å². The molecule has 0 bridgehead atoms. The van der Waals surface area contributed by atoms with Crippen molar-refractivity contribution in [3.63, 3.8) is 0 Å². The van der Waals surface area contributed by atoms with Gasteiger partial charge in [-0.15, -0.1) is 0 Å². The molecule has 2 heterocycles. The van der Waals surface area contributed by atoms with Crippen LogP contribution < -0.4 is 10.9 Å². The molecule has 3 aromatic rings. The highest BCUT2D eigenvalue weighted by Crippen LogP contribution is 2.36. The van der Waals surface area contributed by atoms with Crippen LogP contribution >= 0.6 is 0 Å². The average Bonchev–Trinajstić information content (AvgIpc) is 2.95. The first-order valence-electron chi connectivity index (χ1n) is 13.7. The molecule has 212 valence electrons. The van der Waals surface area contributed by atoms with E-state index >= 15 is 0 Å². The minimum Gasteiger partial charge on any atom is -0.508 e. The number of fused-ring (bicyclic) bond motifs is 1. The van der Waals surface area contributed by atoms with Crippen molar-refractivity contribution in [1.29, 1.82) is 0 Å². The van der Waals surface area contributed by atoms with Gasteiger partial charge in [0, 0.05) is 37.0 Å². The number of rotatable bonds is 10. The van der Waals surface area contributed by atoms with Crippen molar-refractivity contribution in [2.45, 2.75) is 64.2 Å². The number of unbranched alkanes of at least 4 members (excludes halogenated alkanes) is 2. The lowest BCUT2D eigenvalue weighted by molar-refractivity contribution is -0.137. The van der Waals surface area contributed by atoms with E-state index in [1.165, 1.54) is 0 Å². The maximum atomic E-state index is 13.5. The Labute approximate surface area is 232 Å². The predicted octanol–water partition coefficient (Wildman–Crippen LogP) is 3.98. The number of likely N-dealkylation sites (tertiary alicyclic amines) is 1. The second-order valence-electron chi connectivity index (χ2n) is 10.5. The number of carboxylic acids is 1. The van der Waals surface area contributed by atoms with Crippen molar-refractivity contribution in [3.8, 4) is 5.75 Å². The average molecular weight is 549 g/mol. The van der Waals surface area contributed by atoms with Crippen molar-refractivity contribution in [3.05, 3.63) is 75.1 Å². The minimum atomic E-state index is -0.819. The van der Waals surface area contributed by atoms with Crippen LogP contribution in [0.15, 0.2) is 51.7 Å². The van der Waals surface area contributed by atoms with Gasteiger partial charge >= 0.3 is 11.6 Å². The zero-order valence-corrected chi connectivity index (χ0v) is 23.0. The molecule has 0 atom stereocenters. The molecule has 2 amide bonds. The Balaban J connectivity index is 1.45. The zero-order valence-electron chi connectivity index (χ0n) is 23.0. The number of hydrogen-bond donors (Lipinski definition) is 3. The number of phenols is 1. The summed E-state index contributed by atoms with van der Waals surface area (Å²) >= 11 is 0. The standard InChI is InChI=1S/C31H36N2O7/c1-20-23-12-13-25(34)21(2)28(23)40-29(38)24(20)19-26(35)33-17-14-31(15-18-33,22-9-5-3-6-10-22)30(39)32-16-8-4-7-11-27(36)37/h3,5-6,9-10,12-13,34H,4,7-8,11,14-19H2,1-2H3,(H,32,39)(H,36,37). The van der Waals surface area contributed by atoms with Crippen LogP contribution in [0.5, 0.6) is 5.75 Å². The van der Waals surface area contributed by atoms with Crippen LogP contribution in [-0.2, 0) is 26.2 Å². The molecule has 0 aliphatic carbocycles. The highest BCUT2D eigenvalue weighted by Gasteiger charge is 2.43. The molecule has 9 heteroatoms. The van der Waals surface area contributed by atoms with Gasteiger partial charge in [0.15, 0.2) is 0 Å². The van der Waals surface area contributed by atoms with Crippen LogP contribution in [0.4, 0.5) is 0 Å². The van der Waals surface area contributed by atoms with Crippen LogP contribution in [-0.4, -0.2) is 52.5 Å². The number of benzene rings is 2.